The Bertz CT molecular complexity index is 592. The molecular weight excluding hydrogens is 260 g/mol. The third-order valence-corrected chi connectivity index (χ3v) is 3.72. The van der Waals surface area contributed by atoms with E-state index in [-0.39, 0.29) is 6.10 Å². The maximum atomic E-state index is 10.2. The molecule has 0 saturated carbocycles. The minimum atomic E-state index is -0.534. The van der Waals surface area contributed by atoms with Gasteiger partial charge in [0.05, 0.1) is 6.10 Å². The molecule has 0 radical (unpaired) electrons. The lowest BCUT2D eigenvalue weighted by molar-refractivity contribution is 0.0657. The number of hydrogen-bond acceptors (Lipinski definition) is 2. The summed E-state index contributed by atoms with van der Waals surface area (Å²) in [6, 6.07) is 13.6. The third-order valence-electron chi connectivity index (χ3n) is 3.49. The van der Waals surface area contributed by atoms with Crippen LogP contribution in [0.1, 0.15) is 35.3 Å². The van der Waals surface area contributed by atoms with Gasteiger partial charge in [-0.2, -0.15) is 0 Å². The second-order valence-electron chi connectivity index (χ2n) is 4.95. The zero-order chi connectivity index (χ0) is 13.4. The number of aliphatic hydroxyl groups excluding tert-OH is 1. The topological polar surface area (TPSA) is 29.5 Å². The van der Waals surface area contributed by atoms with Crippen molar-refractivity contribution in [2.75, 3.05) is 0 Å². The smallest absolute Gasteiger partial charge is 0.127 e. The lowest BCUT2D eigenvalue weighted by atomic mass is 9.94. The fourth-order valence-corrected chi connectivity index (χ4v) is 2.58. The molecular formula is C16H15ClO2. The highest BCUT2D eigenvalue weighted by Gasteiger charge is 2.28. The molecule has 1 aliphatic heterocycles. The van der Waals surface area contributed by atoms with E-state index in [1.807, 2.05) is 18.2 Å². The lowest BCUT2D eigenvalue weighted by Gasteiger charge is -2.30. The first-order valence-corrected chi connectivity index (χ1v) is 6.72. The van der Waals surface area contributed by atoms with Gasteiger partial charge in [0.25, 0.3) is 0 Å². The van der Waals surface area contributed by atoms with E-state index >= 15 is 0 Å². The average molecular weight is 275 g/mol. The molecule has 3 heteroatoms. The average Bonchev–Trinajstić information content (AvgIpc) is 2.40. The highest BCUT2D eigenvalue weighted by molar-refractivity contribution is 6.30. The Hall–Kier alpha value is -1.51. The number of benzene rings is 2. The van der Waals surface area contributed by atoms with Crippen molar-refractivity contribution in [2.45, 2.75) is 25.6 Å². The molecule has 19 heavy (non-hydrogen) atoms. The van der Waals surface area contributed by atoms with E-state index in [2.05, 4.69) is 19.1 Å². The summed E-state index contributed by atoms with van der Waals surface area (Å²) >= 11 is 5.95. The highest BCUT2D eigenvalue weighted by atomic mass is 35.5. The molecule has 1 heterocycles. The Kier molecular flexibility index (Phi) is 3.21. The van der Waals surface area contributed by atoms with Crippen molar-refractivity contribution in [3.05, 3.63) is 64.2 Å². The summed E-state index contributed by atoms with van der Waals surface area (Å²) in [5.41, 5.74) is 3.08. The highest BCUT2D eigenvalue weighted by Crippen LogP contribution is 2.41. The van der Waals surface area contributed by atoms with Crippen LogP contribution in [-0.4, -0.2) is 5.11 Å². The molecule has 98 valence electrons. The number of rotatable bonds is 1. The van der Waals surface area contributed by atoms with E-state index in [9.17, 15) is 5.11 Å². The minimum Gasteiger partial charge on any atom is -0.485 e. The van der Waals surface area contributed by atoms with Crippen molar-refractivity contribution < 1.29 is 9.84 Å². The molecule has 2 aromatic rings. The van der Waals surface area contributed by atoms with Crippen LogP contribution in [0.2, 0.25) is 5.02 Å². The van der Waals surface area contributed by atoms with Crippen molar-refractivity contribution in [1.82, 2.24) is 0 Å². The summed E-state index contributed by atoms with van der Waals surface area (Å²) in [5, 5.41) is 10.9. The molecule has 0 aliphatic carbocycles. The maximum Gasteiger partial charge on any atom is 0.127 e. The van der Waals surface area contributed by atoms with Crippen LogP contribution in [-0.2, 0) is 0 Å². The normalized spacial score (nSPS) is 21.6. The van der Waals surface area contributed by atoms with Crippen molar-refractivity contribution in [2.24, 2.45) is 0 Å². The molecule has 3 rings (SSSR count). The summed E-state index contributed by atoms with van der Waals surface area (Å²) in [4.78, 5) is 0. The number of halogens is 1. The number of fused-ring (bicyclic) bond motifs is 1. The van der Waals surface area contributed by atoms with Gasteiger partial charge in [-0.25, -0.2) is 0 Å². The van der Waals surface area contributed by atoms with Crippen molar-refractivity contribution >= 4 is 11.6 Å². The summed E-state index contributed by atoms with van der Waals surface area (Å²) < 4.78 is 5.96. The fraction of sp³-hybridized carbons (Fsp3) is 0.250. The summed E-state index contributed by atoms with van der Waals surface area (Å²) in [6.45, 7) is 2.05. The molecule has 2 atom stereocenters. The van der Waals surface area contributed by atoms with Gasteiger partial charge >= 0.3 is 0 Å². The van der Waals surface area contributed by atoms with Crippen LogP contribution in [0.25, 0.3) is 0 Å². The first-order chi connectivity index (χ1) is 9.13. The molecule has 2 aromatic carbocycles. The molecule has 0 aromatic heterocycles. The maximum absolute atomic E-state index is 10.2. The summed E-state index contributed by atoms with van der Waals surface area (Å²) in [6.07, 6.45) is -0.0887. The zero-order valence-electron chi connectivity index (χ0n) is 10.6. The van der Waals surface area contributed by atoms with Gasteiger partial charge in [-0.1, -0.05) is 41.4 Å². The number of hydrogen-bond donors (Lipinski definition) is 1. The molecule has 0 amide bonds. The van der Waals surface area contributed by atoms with Crippen LogP contribution in [0.5, 0.6) is 5.75 Å². The number of aliphatic hydroxyl groups is 1. The van der Waals surface area contributed by atoms with Crippen LogP contribution in [0.4, 0.5) is 0 Å². The van der Waals surface area contributed by atoms with E-state index in [1.54, 1.807) is 12.1 Å². The predicted molar refractivity (Wildman–Crippen MR) is 75.6 cm³/mol. The Labute approximate surface area is 117 Å². The summed E-state index contributed by atoms with van der Waals surface area (Å²) in [7, 11) is 0. The van der Waals surface area contributed by atoms with Gasteiger partial charge in [-0.05, 0) is 30.7 Å². The van der Waals surface area contributed by atoms with E-state index in [0.29, 0.717) is 17.2 Å². The Morgan fingerprint density at radius 1 is 1.16 bits per heavy atom. The van der Waals surface area contributed by atoms with Crippen LogP contribution >= 0.6 is 11.6 Å². The van der Waals surface area contributed by atoms with Crippen LogP contribution in [0, 0.1) is 6.92 Å². The third kappa shape index (κ3) is 2.46. The van der Waals surface area contributed by atoms with Crippen molar-refractivity contribution in [3.63, 3.8) is 0 Å². The number of ether oxygens (including phenoxy) is 1. The number of aryl methyl sites for hydroxylation is 1. The van der Waals surface area contributed by atoms with Crippen molar-refractivity contribution in [3.8, 4) is 5.75 Å². The Morgan fingerprint density at radius 3 is 2.63 bits per heavy atom. The zero-order valence-corrected chi connectivity index (χ0v) is 11.4. The van der Waals surface area contributed by atoms with Gasteiger partial charge in [0.2, 0.25) is 0 Å². The molecule has 1 unspecified atom stereocenters. The quantitative estimate of drug-likeness (QED) is 0.844. The predicted octanol–water partition coefficient (Wildman–Crippen LogP) is 4.21. The first-order valence-electron chi connectivity index (χ1n) is 6.34. The van der Waals surface area contributed by atoms with Gasteiger partial charge < -0.3 is 9.84 Å². The van der Waals surface area contributed by atoms with Gasteiger partial charge in [0.1, 0.15) is 11.9 Å². The molecule has 1 N–H and O–H groups in total. The van der Waals surface area contributed by atoms with Crippen LogP contribution in [0.3, 0.4) is 0 Å². The van der Waals surface area contributed by atoms with Crippen molar-refractivity contribution in [1.29, 1.82) is 0 Å². The van der Waals surface area contributed by atoms with Crippen LogP contribution < -0.4 is 4.74 Å². The van der Waals surface area contributed by atoms with Gasteiger partial charge in [0.15, 0.2) is 0 Å². The SMILES string of the molecule is Cc1ccc(C2C[C@H](O)c3cc(Cl)ccc3O2)cc1. The largest absolute Gasteiger partial charge is 0.485 e. The minimum absolute atomic E-state index is 0.107. The molecule has 0 fully saturated rings. The Morgan fingerprint density at radius 2 is 1.89 bits per heavy atom. The lowest BCUT2D eigenvalue weighted by Crippen LogP contribution is -2.19. The van der Waals surface area contributed by atoms with Gasteiger partial charge in [-0.15, -0.1) is 0 Å². The fourth-order valence-electron chi connectivity index (χ4n) is 2.40. The Balaban J connectivity index is 1.92. The van der Waals surface area contributed by atoms with E-state index in [4.69, 9.17) is 16.3 Å². The van der Waals surface area contributed by atoms with Crippen LogP contribution in [0.15, 0.2) is 42.5 Å². The summed E-state index contributed by atoms with van der Waals surface area (Å²) in [5.74, 6) is 0.716. The van der Waals surface area contributed by atoms with E-state index < -0.39 is 6.10 Å². The first kappa shape index (κ1) is 12.5. The molecule has 0 spiro atoms. The van der Waals surface area contributed by atoms with Gasteiger partial charge in [-0.3, -0.25) is 0 Å². The van der Waals surface area contributed by atoms with E-state index in [0.717, 1.165) is 11.1 Å². The molecule has 0 bridgehead atoms. The monoisotopic (exact) mass is 274 g/mol. The molecule has 2 nitrogen and oxygen atoms in total. The van der Waals surface area contributed by atoms with Gasteiger partial charge in [0, 0.05) is 17.0 Å². The molecule has 0 saturated heterocycles. The second-order valence-corrected chi connectivity index (χ2v) is 5.39. The molecule has 1 aliphatic rings. The van der Waals surface area contributed by atoms with E-state index in [1.165, 1.54) is 5.56 Å². The second kappa shape index (κ2) is 4.87. The standard InChI is InChI=1S/C16H15ClO2/c1-10-2-4-11(5-3-10)16-9-14(18)13-8-12(17)6-7-15(13)19-16/h2-8,14,16,18H,9H2,1H3/t14-,16?/m0/s1.